The summed E-state index contributed by atoms with van der Waals surface area (Å²) in [7, 11) is 0. The van der Waals surface area contributed by atoms with Crippen LogP contribution in [0.1, 0.15) is 5.56 Å². The second-order valence-electron chi connectivity index (χ2n) is 4.99. The monoisotopic (exact) mass is 360 g/mol. The second kappa shape index (κ2) is 5.92. The maximum Gasteiger partial charge on any atom is 0.161 e. The minimum absolute atomic E-state index is 0.479. The third-order valence-corrected chi connectivity index (χ3v) is 4.64. The van der Waals surface area contributed by atoms with Crippen molar-refractivity contribution in [1.82, 2.24) is 19.5 Å². The van der Waals surface area contributed by atoms with Crippen molar-refractivity contribution in [2.75, 3.05) is 0 Å². The van der Waals surface area contributed by atoms with Crippen LogP contribution in [0.4, 0.5) is 0 Å². The fraction of sp³-hybridized carbons (Fsp3) is 0.0625. The van der Waals surface area contributed by atoms with Gasteiger partial charge < -0.3 is 4.57 Å². The summed E-state index contributed by atoms with van der Waals surface area (Å²) in [4.78, 5) is 13.2. The molecule has 3 aromatic heterocycles. The van der Waals surface area contributed by atoms with Crippen molar-refractivity contribution in [2.24, 2.45) is 0 Å². The standard InChI is InChI=1S/C16H10Cl2N4S/c17-11-2-1-3-13-15(11)21-16(12-8-23-9-20-12)22(13)7-10-4-5-14(18)19-6-10/h1-6,8-9H,7H2. The summed E-state index contributed by atoms with van der Waals surface area (Å²) in [6.07, 6.45) is 1.77. The molecular formula is C16H10Cl2N4S. The lowest BCUT2D eigenvalue weighted by atomic mass is 10.2. The molecule has 0 bridgehead atoms. The fourth-order valence-electron chi connectivity index (χ4n) is 2.47. The average Bonchev–Trinajstić information content (AvgIpc) is 3.18. The number of hydrogen-bond acceptors (Lipinski definition) is 4. The second-order valence-corrected chi connectivity index (χ2v) is 6.51. The van der Waals surface area contributed by atoms with E-state index in [-0.39, 0.29) is 0 Å². The van der Waals surface area contributed by atoms with Crippen molar-refractivity contribution in [3.63, 3.8) is 0 Å². The molecule has 4 nitrogen and oxygen atoms in total. The van der Waals surface area contributed by atoms with Crippen LogP contribution in [-0.2, 0) is 6.54 Å². The maximum atomic E-state index is 6.30. The molecule has 0 aliphatic carbocycles. The lowest BCUT2D eigenvalue weighted by Crippen LogP contribution is -2.02. The van der Waals surface area contributed by atoms with Gasteiger partial charge in [0.25, 0.3) is 0 Å². The Balaban J connectivity index is 1.90. The van der Waals surface area contributed by atoms with Crippen LogP contribution >= 0.6 is 34.5 Å². The van der Waals surface area contributed by atoms with Crippen molar-refractivity contribution < 1.29 is 0 Å². The highest BCUT2D eigenvalue weighted by molar-refractivity contribution is 7.07. The van der Waals surface area contributed by atoms with Gasteiger partial charge in [-0.25, -0.2) is 15.0 Å². The fourth-order valence-corrected chi connectivity index (χ4v) is 3.33. The highest BCUT2D eigenvalue weighted by atomic mass is 35.5. The van der Waals surface area contributed by atoms with Gasteiger partial charge in [-0.15, -0.1) is 11.3 Å². The van der Waals surface area contributed by atoms with Crippen molar-refractivity contribution >= 4 is 45.6 Å². The van der Waals surface area contributed by atoms with Crippen LogP contribution in [-0.4, -0.2) is 19.5 Å². The Kier molecular flexibility index (Phi) is 3.77. The molecular weight excluding hydrogens is 351 g/mol. The number of nitrogens with zero attached hydrogens (tertiary/aromatic N) is 4. The molecule has 0 unspecified atom stereocenters. The molecule has 0 spiro atoms. The van der Waals surface area contributed by atoms with Crippen molar-refractivity contribution in [1.29, 1.82) is 0 Å². The van der Waals surface area contributed by atoms with Crippen LogP contribution in [0.3, 0.4) is 0 Å². The van der Waals surface area contributed by atoms with E-state index in [4.69, 9.17) is 28.2 Å². The van der Waals surface area contributed by atoms with Gasteiger partial charge in [-0.1, -0.05) is 35.3 Å². The summed E-state index contributed by atoms with van der Waals surface area (Å²) in [5.74, 6) is 0.796. The quantitative estimate of drug-likeness (QED) is 0.487. The molecule has 0 amide bonds. The molecule has 114 valence electrons. The van der Waals surface area contributed by atoms with Crippen LogP contribution in [0.2, 0.25) is 10.2 Å². The first-order valence-corrected chi connectivity index (χ1v) is 8.56. The topological polar surface area (TPSA) is 43.6 Å². The molecule has 0 atom stereocenters. The number of halogens is 2. The number of hydrogen-bond donors (Lipinski definition) is 0. The zero-order valence-corrected chi connectivity index (χ0v) is 14.1. The van der Waals surface area contributed by atoms with Gasteiger partial charge >= 0.3 is 0 Å². The van der Waals surface area contributed by atoms with Crippen LogP contribution in [0, 0.1) is 0 Å². The Hall–Kier alpha value is -1.95. The number of fused-ring (bicyclic) bond motifs is 1. The molecule has 3 heterocycles. The Morgan fingerprint density at radius 3 is 2.74 bits per heavy atom. The molecule has 4 aromatic rings. The third kappa shape index (κ3) is 2.72. The summed E-state index contributed by atoms with van der Waals surface area (Å²) >= 11 is 13.7. The van der Waals surface area contributed by atoms with Gasteiger partial charge in [0, 0.05) is 11.6 Å². The van der Waals surface area contributed by atoms with Crippen LogP contribution < -0.4 is 0 Å². The van der Waals surface area contributed by atoms with E-state index in [0.717, 1.165) is 28.1 Å². The summed E-state index contributed by atoms with van der Waals surface area (Å²) in [5, 5.41) is 3.09. The van der Waals surface area contributed by atoms with Crippen molar-refractivity contribution in [3.8, 4) is 11.5 Å². The average molecular weight is 361 g/mol. The molecule has 0 saturated heterocycles. The van der Waals surface area contributed by atoms with E-state index in [1.807, 2.05) is 29.6 Å². The van der Waals surface area contributed by atoms with Crippen molar-refractivity contribution in [2.45, 2.75) is 6.54 Å². The van der Waals surface area contributed by atoms with E-state index in [1.165, 1.54) is 11.3 Å². The zero-order chi connectivity index (χ0) is 15.8. The number of benzene rings is 1. The molecule has 7 heteroatoms. The molecule has 0 N–H and O–H groups in total. The van der Waals surface area contributed by atoms with E-state index < -0.39 is 0 Å². The Morgan fingerprint density at radius 1 is 1.09 bits per heavy atom. The smallest absolute Gasteiger partial charge is 0.161 e. The van der Waals surface area contributed by atoms with Gasteiger partial charge in [-0.05, 0) is 23.8 Å². The van der Waals surface area contributed by atoms with E-state index in [9.17, 15) is 0 Å². The van der Waals surface area contributed by atoms with Gasteiger partial charge in [-0.2, -0.15) is 0 Å². The molecule has 0 saturated carbocycles. The number of para-hydroxylation sites is 1. The summed E-state index contributed by atoms with van der Waals surface area (Å²) in [6.45, 7) is 0.619. The maximum absolute atomic E-state index is 6.30. The van der Waals surface area contributed by atoms with Gasteiger partial charge in [0.2, 0.25) is 0 Å². The predicted molar refractivity (Wildman–Crippen MR) is 94.2 cm³/mol. The molecule has 0 radical (unpaired) electrons. The van der Waals surface area contributed by atoms with E-state index in [1.54, 1.807) is 17.8 Å². The predicted octanol–water partition coefficient (Wildman–Crippen LogP) is 4.91. The molecule has 4 rings (SSSR count). The van der Waals surface area contributed by atoms with E-state index in [2.05, 4.69) is 14.5 Å². The molecule has 0 aliphatic heterocycles. The largest absolute Gasteiger partial charge is 0.318 e. The zero-order valence-electron chi connectivity index (χ0n) is 11.8. The molecule has 23 heavy (non-hydrogen) atoms. The normalized spacial score (nSPS) is 11.2. The van der Waals surface area contributed by atoms with E-state index >= 15 is 0 Å². The minimum Gasteiger partial charge on any atom is -0.318 e. The number of aromatic nitrogens is 4. The number of thiazole rings is 1. The first kappa shape index (κ1) is 14.6. The van der Waals surface area contributed by atoms with Crippen LogP contribution in [0.5, 0.6) is 0 Å². The Labute approximate surface area is 146 Å². The highest BCUT2D eigenvalue weighted by Gasteiger charge is 2.16. The minimum atomic E-state index is 0.479. The van der Waals surface area contributed by atoms with Crippen molar-refractivity contribution in [3.05, 3.63) is 63.2 Å². The third-order valence-electron chi connectivity index (χ3n) is 3.52. The Bertz CT molecular complexity index is 962. The summed E-state index contributed by atoms with van der Waals surface area (Å²) < 4.78 is 2.10. The number of imidazole rings is 1. The lowest BCUT2D eigenvalue weighted by molar-refractivity contribution is 0.826. The lowest BCUT2D eigenvalue weighted by Gasteiger charge is -2.08. The van der Waals surface area contributed by atoms with Gasteiger partial charge in [0.1, 0.15) is 16.4 Å². The molecule has 1 aromatic carbocycles. The van der Waals surface area contributed by atoms with Gasteiger partial charge in [-0.3, -0.25) is 0 Å². The van der Waals surface area contributed by atoms with E-state index in [0.29, 0.717) is 16.7 Å². The molecule has 0 aliphatic rings. The van der Waals surface area contributed by atoms with Gasteiger partial charge in [0.05, 0.1) is 22.6 Å². The number of pyridine rings is 1. The van der Waals surface area contributed by atoms with Gasteiger partial charge in [0.15, 0.2) is 5.82 Å². The first-order valence-electron chi connectivity index (χ1n) is 6.86. The van der Waals surface area contributed by atoms with Crippen LogP contribution in [0.25, 0.3) is 22.6 Å². The molecule has 0 fully saturated rings. The Morgan fingerprint density at radius 2 is 2.00 bits per heavy atom. The summed E-state index contributed by atoms with van der Waals surface area (Å²) in [5.41, 5.74) is 5.41. The SMILES string of the molecule is Clc1ccc(Cn2c(-c3cscn3)nc3c(Cl)cccc32)cn1. The first-order chi connectivity index (χ1) is 11.2. The highest BCUT2D eigenvalue weighted by Crippen LogP contribution is 2.29. The summed E-state index contributed by atoms with van der Waals surface area (Å²) in [6, 6.07) is 9.51. The van der Waals surface area contributed by atoms with Crippen LogP contribution in [0.15, 0.2) is 47.4 Å². The number of rotatable bonds is 3.